The van der Waals surface area contributed by atoms with Gasteiger partial charge in [0.25, 0.3) is 5.91 Å². The van der Waals surface area contributed by atoms with Crippen LogP contribution in [0.2, 0.25) is 0 Å². The van der Waals surface area contributed by atoms with Crippen molar-refractivity contribution in [1.82, 2.24) is 15.4 Å². The monoisotopic (exact) mass is 357 g/mol. The minimum atomic E-state index is -0.394. The average Bonchev–Trinajstić information content (AvgIpc) is 3.34. The minimum absolute atomic E-state index is 0.214. The molecule has 0 aliphatic carbocycles. The number of nitrogens with one attached hydrogen (secondary N) is 1. The van der Waals surface area contributed by atoms with E-state index in [0.717, 1.165) is 23.8 Å². The molecule has 0 atom stereocenters. The molecule has 0 saturated carbocycles. The molecule has 4 rings (SSSR count). The largest absolute Gasteiger partial charge is 0.378 e. The van der Waals surface area contributed by atoms with Crippen molar-refractivity contribution in [2.24, 2.45) is 0 Å². The smallest absolute Gasteiger partial charge is 0.278 e. The van der Waals surface area contributed by atoms with Crippen LogP contribution >= 0.6 is 11.3 Å². The highest BCUT2D eigenvalue weighted by atomic mass is 32.1. The molecule has 0 aromatic carbocycles. The number of anilines is 2. The van der Waals surface area contributed by atoms with E-state index in [4.69, 9.17) is 9.26 Å². The first kappa shape index (κ1) is 15.7. The molecule has 1 fully saturated rings. The Morgan fingerprint density at radius 3 is 2.80 bits per heavy atom. The van der Waals surface area contributed by atoms with Gasteiger partial charge in [-0.2, -0.15) is 0 Å². The molecule has 0 radical (unpaired) electrons. The zero-order valence-electron chi connectivity index (χ0n) is 13.2. The lowest BCUT2D eigenvalue weighted by atomic mass is 10.3. The van der Waals surface area contributed by atoms with E-state index in [-0.39, 0.29) is 11.6 Å². The Kier molecular flexibility index (Phi) is 4.40. The Morgan fingerprint density at radius 2 is 2.08 bits per heavy atom. The molecule has 0 spiro atoms. The number of rotatable bonds is 4. The molecule has 3 aromatic heterocycles. The number of nitrogens with zero attached hydrogens (tertiary/aromatic N) is 4. The molecule has 4 heterocycles. The van der Waals surface area contributed by atoms with Gasteiger partial charge in [-0.05, 0) is 23.6 Å². The van der Waals surface area contributed by atoms with Gasteiger partial charge in [-0.1, -0.05) is 11.2 Å². The maximum Gasteiger partial charge on any atom is 0.278 e. The second-order valence-electron chi connectivity index (χ2n) is 5.38. The fourth-order valence-electron chi connectivity index (χ4n) is 2.46. The van der Waals surface area contributed by atoms with E-state index >= 15 is 0 Å². The van der Waals surface area contributed by atoms with Crippen molar-refractivity contribution in [3.63, 3.8) is 0 Å². The molecule has 1 amide bonds. The van der Waals surface area contributed by atoms with E-state index in [1.807, 2.05) is 17.5 Å². The molecule has 1 aliphatic heterocycles. The van der Waals surface area contributed by atoms with E-state index < -0.39 is 5.91 Å². The van der Waals surface area contributed by atoms with Crippen molar-refractivity contribution < 1.29 is 14.1 Å². The van der Waals surface area contributed by atoms with Crippen LogP contribution in [-0.4, -0.2) is 47.6 Å². The predicted molar refractivity (Wildman–Crippen MR) is 92.8 cm³/mol. The summed E-state index contributed by atoms with van der Waals surface area (Å²) in [6.45, 7) is 2.87. The standard InChI is InChI=1S/C16H15N5O3S/c22-16(17-15-10-12(20-24-15)13-2-1-9-25-13)11-3-4-14(19-18-11)21-5-7-23-8-6-21/h1-4,9-10H,5-8H2,(H,17,22). The third-order valence-corrected chi connectivity index (χ3v) is 4.63. The normalized spacial score (nSPS) is 14.5. The summed E-state index contributed by atoms with van der Waals surface area (Å²) in [6, 6.07) is 8.97. The van der Waals surface area contributed by atoms with E-state index in [2.05, 4.69) is 25.6 Å². The van der Waals surface area contributed by atoms with Gasteiger partial charge in [0.1, 0.15) is 5.69 Å². The number of amides is 1. The molecule has 1 N–H and O–H groups in total. The number of ether oxygens (including phenoxy) is 1. The van der Waals surface area contributed by atoms with Gasteiger partial charge in [0.05, 0.1) is 18.1 Å². The Balaban J connectivity index is 1.42. The molecule has 3 aromatic rings. The van der Waals surface area contributed by atoms with Gasteiger partial charge in [-0.3, -0.25) is 10.1 Å². The van der Waals surface area contributed by atoms with Crippen LogP contribution in [0.25, 0.3) is 10.6 Å². The van der Waals surface area contributed by atoms with Crippen LogP contribution in [0.1, 0.15) is 10.5 Å². The van der Waals surface area contributed by atoms with Gasteiger partial charge in [0.2, 0.25) is 5.88 Å². The number of thiophene rings is 1. The van der Waals surface area contributed by atoms with Crippen LogP contribution in [0.15, 0.2) is 40.2 Å². The summed E-state index contributed by atoms with van der Waals surface area (Å²) in [4.78, 5) is 15.3. The maximum absolute atomic E-state index is 12.3. The number of carbonyl (C=O) groups excluding carboxylic acids is 1. The summed E-state index contributed by atoms with van der Waals surface area (Å²) in [5, 5.41) is 16.7. The van der Waals surface area contributed by atoms with Crippen LogP contribution in [0.4, 0.5) is 11.7 Å². The van der Waals surface area contributed by atoms with Crippen molar-refractivity contribution in [2.75, 3.05) is 36.5 Å². The van der Waals surface area contributed by atoms with Gasteiger partial charge in [-0.15, -0.1) is 21.5 Å². The summed E-state index contributed by atoms with van der Waals surface area (Å²) in [7, 11) is 0. The van der Waals surface area contributed by atoms with Crippen molar-refractivity contribution in [1.29, 1.82) is 0 Å². The topological polar surface area (TPSA) is 93.4 Å². The van der Waals surface area contributed by atoms with E-state index in [0.29, 0.717) is 18.9 Å². The summed E-state index contributed by atoms with van der Waals surface area (Å²) in [5.74, 6) is 0.613. The fourth-order valence-corrected chi connectivity index (χ4v) is 3.14. The van der Waals surface area contributed by atoms with Gasteiger partial charge in [0.15, 0.2) is 11.5 Å². The molecular weight excluding hydrogens is 342 g/mol. The molecule has 0 unspecified atom stereocenters. The van der Waals surface area contributed by atoms with Crippen LogP contribution in [-0.2, 0) is 4.74 Å². The van der Waals surface area contributed by atoms with E-state index in [1.54, 1.807) is 29.5 Å². The Labute approximate surface area is 147 Å². The van der Waals surface area contributed by atoms with Gasteiger partial charge >= 0.3 is 0 Å². The highest BCUT2D eigenvalue weighted by Crippen LogP contribution is 2.26. The first-order valence-corrected chi connectivity index (χ1v) is 8.66. The van der Waals surface area contributed by atoms with E-state index in [1.165, 1.54) is 0 Å². The number of hydrogen-bond donors (Lipinski definition) is 1. The van der Waals surface area contributed by atoms with Gasteiger partial charge < -0.3 is 14.2 Å². The molecule has 128 valence electrons. The first-order valence-electron chi connectivity index (χ1n) is 7.78. The highest BCUT2D eigenvalue weighted by molar-refractivity contribution is 7.13. The van der Waals surface area contributed by atoms with Gasteiger partial charge in [-0.25, -0.2) is 0 Å². The first-order chi connectivity index (χ1) is 12.3. The Hall–Kier alpha value is -2.78. The lowest BCUT2D eigenvalue weighted by molar-refractivity contribution is 0.101. The predicted octanol–water partition coefficient (Wildman–Crippen LogP) is 2.28. The summed E-state index contributed by atoms with van der Waals surface area (Å²) < 4.78 is 10.5. The SMILES string of the molecule is O=C(Nc1cc(-c2cccs2)no1)c1ccc(N2CCOCC2)nn1. The minimum Gasteiger partial charge on any atom is -0.378 e. The Morgan fingerprint density at radius 1 is 1.20 bits per heavy atom. The molecule has 1 saturated heterocycles. The third kappa shape index (κ3) is 3.52. The number of hydrogen-bond acceptors (Lipinski definition) is 8. The van der Waals surface area contributed by atoms with Crippen molar-refractivity contribution >= 4 is 28.9 Å². The number of morpholine rings is 1. The van der Waals surface area contributed by atoms with Crippen molar-refractivity contribution in [3.8, 4) is 10.6 Å². The molecule has 9 heteroatoms. The van der Waals surface area contributed by atoms with Crippen LogP contribution in [0.5, 0.6) is 0 Å². The molecule has 0 bridgehead atoms. The fraction of sp³-hybridized carbons (Fsp3) is 0.250. The van der Waals surface area contributed by atoms with E-state index in [9.17, 15) is 4.79 Å². The third-order valence-electron chi connectivity index (χ3n) is 3.74. The quantitative estimate of drug-likeness (QED) is 0.765. The summed E-state index contributed by atoms with van der Waals surface area (Å²) >= 11 is 1.55. The number of carbonyl (C=O) groups is 1. The molecule has 25 heavy (non-hydrogen) atoms. The zero-order valence-corrected chi connectivity index (χ0v) is 14.0. The lowest BCUT2D eigenvalue weighted by Crippen LogP contribution is -2.37. The summed E-state index contributed by atoms with van der Waals surface area (Å²) in [6.07, 6.45) is 0. The summed E-state index contributed by atoms with van der Waals surface area (Å²) in [5.41, 5.74) is 0.894. The second-order valence-corrected chi connectivity index (χ2v) is 6.33. The van der Waals surface area contributed by atoms with Crippen molar-refractivity contribution in [2.45, 2.75) is 0 Å². The Bertz CT molecular complexity index is 841. The number of aromatic nitrogens is 3. The zero-order chi connectivity index (χ0) is 17.1. The average molecular weight is 357 g/mol. The van der Waals surface area contributed by atoms with Crippen molar-refractivity contribution in [3.05, 3.63) is 41.4 Å². The highest BCUT2D eigenvalue weighted by Gasteiger charge is 2.16. The van der Waals surface area contributed by atoms with Gasteiger partial charge in [0, 0.05) is 19.2 Å². The molecule has 8 nitrogen and oxygen atoms in total. The maximum atomic E-state index is 12.3. The molecular formula is C16H15N5O3S. The lowest BCUT2D eigenvalue weighted by Gasteiger charge is -2.27. The molecule has 1 aliphatic rings. The van der Waals surface area contributed by atoms with Crippen LogP contribution in [0.3, 0.4) is 0 Å². The van der Waals surface area contributed by atoms with Crippen LogP contribution < -0.4 is 10.2 Å². The second kappa shape index (κ2) is 6.99. The van der Waals surface area contributed by atoms with Crippen LogP contribution in [0, 0.1) is 0 Å².